The van der Waals surface area contributed by atoms with E-state index in [1.165, 1.54) is 6.20 Å². The first-order valence-electron chi connectivity index (χ1n) is 6.73. The topological polar surface area (TPSA) is 48.1 Å². The predicted octanol–water partition coefficient (Wildman–Crippen LogP) is 3.70. The highest BCUT2D eigenvalue weighted by Gasteiger charge is 2.41. The highest BCUT2D eigenvalue weighted by Crippen LogP contribution is 2.39. The molecular formula is C14H21F3N2O. The summed E-state index contributed by atoms with van der Waals surface area (Å²) in [6.07, 6.45) is -1.07. The van der Waals surface area contributed by atoms with Gasteiger partial charge in [-0.25, -0.2) is 0 Å². The molecular weight excluding hydrogens is 269 g/mol. The van der Waals surface area contributed by atoms with Crippen molar-refractivity contribution in [2.75, 3.05) is 6.61 Å². The minimum absolute atomic E-state index is 0.0165. The summed E-state index contributed by atoms with van der Waals surface area (Å²) >= 11 is 0. The molecule has 0 bridgehead atoms. The van der Waals surface area contributed by atoms with Crippen molar-refractivity contribution in [3.63, 3.8) is 0 Å². The Bertz CT molecular complexity index is 431. The Morgan fingerprint density at radius 2 is 1.85 bits per heavy atom. The number of halogens is 3. The maximum absolute atomic E-state index is 13.1. The SMILES string of the molecule is CCOC(CC)(CC)C(N)c1cnccc1C(F)(F)F. The minimum atomic E-state index is -4.45. The van der Waals surface area contributed by atoms with Gasteiger partial charge in [-0.15, -0.1) is 0 Å². The van der Waals surface area contributed by atoms with E-state index in [0.717, 1.165) is 12.3 Å². The molecule has 0 aliphatic carbocycles. The molecule has 6 heteroatoms. The highest BCUT2D eigenvalue weighted by atomic mass is 19.4. The van der Waals surface area contributed by atoms with Crippen LogP contribution in [0.4, 0.5) is 13.2 Å². The van der Waals surface area contributed by atoms with Crippen molar-refractivity contribution in [3.8, 4) is 0 Å². The van der Waals surface area contributed by atoms with Gasteiger partial charge in [0.05, 0.1) is 17.2 Å². The molecule has 1 heterocycles. The first-order chi connectivity index (χ1) is 9.32. The summed E-state index contributed by atoms with van der Waals surface area (Å²) in [6.45, 7) is 5.93. The second kappa shape index (κ2) is 6.54. The zero-order valence-electron chi connectivity index (χ0n) is 12.0. The van der Waals surface area contributed by atoms with Crippen molar-refractivity contribution < 1.29 is 17.9 Å². The van der Waals surface area contributed by atoms with Crippen molar-refractivity contribution in [1.29, 1.82) is 0 Å². The van der Waals surface area contributed by atoms with E-state index >= 15 is 0 Å². The standard InChI is InChI=1S/C14H21F3N2O/c1-4-13(5-2,20-6-3)12(18)10-9-19-8-7-11(10)14(15,16)17/h7-9,12H,4-6,18H2,1-3H3. The Balaban J connectivity index is 3.29. The number of nitrogens with two attached hydrogens (primary N) is 1. The zero-order chi connectivity index (χ0) is 15.4. The van der Waals surface area contributed by atoms with Crippen LogP contribution in [-0.4, -0.2) is 17.2 Å². The molecule has 0 spiro atoms. The van der Waals surface area contributed by atoms with Crippen LogP contribution < -0.4 is 5.73 Å². The molecule has 0 fully saturated rings. The van der Waals surface area contributed by atoms with E-state index in [1.807, 2.05) is 13.8 Å². The molecule has 2 N–H and O–H groups in total. The van der Waals surface area contributed by atoms with Gasteiger partial charge >= 0.3 is 6.18 Å². The summed E-state index contributed by atoms with van der Waals surface area (Å²) in [7, 11) is 0. The van der Waals surface area contributed by atoms with Crippen LogP contribution in [0.2, 0.25) is 0 Å². The van der Waals surface area contributed by atoms with Crippen LogP contribution in [-0.2, 0) is 10.9 Å². The smallest absolute Gasteiger partial charge is 0.373 e. The molecule has 3 nitrogen and oxygen atoms in total. The quantitative estimate of drug-likeness (QED) is 0.869. The third-order valence-corrected chi connectivity index (χ3v) is 3.69. The molecule has 1 rings (SSSR count). The van der Waals surface area contributed by atoms with Crippen LogP contribution in [0.3, 0.4) is 0 Å². The number of ether oxygens (including phenoxy) is 1. The van der Waals surface area contributed by atoms with Gasteiger partial charge < -0.3 is 10.5 Å². The maximum atomic E-state index is 13.1. The molecule has 0 aliphatic rings. The van der Waals surface area contributed by atoms with Gasteiger partial charge in [0.2, 0.25) is 0 Å². The fourth-order valence-corrected chi connectivity index (χ4v) is 2.47. The van der Waals surface area contributed by atoms with Gasteiger partial charge in [-0.05, 0) is 25.8 Å². The van der Waals surface area contributed by atoms with Crippen LogP contribution in [0, 0.1) is 0 Å². The number of aromatic nitrogens is 1. The maximum Gasteiger partial charge on any atom is 0.416 e. The van der Waals surface area contributed by atoms with Gasteiger partial charge in [0.15, 0.2) is 0 Å². The van der Waals surface area contributed by atoms with E-state index in [4.69, 9.17) is 10.5 Å². The number of alkyl halides is 3. The van der Waals surface area contributed by atoms with Gasteiger partial charge in [-0.1, -0.05) is 13.8 Å². The van der Waals surface area contributed by atoms with Crippen LogP contribution in [0.15, 0.2) is 18.5 Å². The lowest BCUT2D eigenvalue weighted by Crippen LogP contribution is -2.43. The summed E-state index contributed by atoms with van der Waals surface area (Å²) in [6, 6.07) is 0.0831. The first-order valence-corrected chi connectivity index (χ1v) is 6.73. The Kier molecular flexibility index (Phi) is 5.53. The summed E-state index contributed by atoms with van der Waals surface area (Å²) < 4.78 is 44.9. The first kappa shape index (κ1) is 16.9. The third-order valence-electron chi connectivity index (χ3n) is 3.69. The molecule has 1 aromatic heterocycles. The molecule has 20 heavy (non-hydrogen) atoms. The van der Waals surface area contributed by atoms with E-state index < -0.39 is 23.4 Å². The molecule has 1 aromatic rings. The Labute approximate surface area is 117 Å². The van der Waals surface area contributed by atoms with E-state index in [1.54, 1.807) is 6.92 Å². The van der Waals surface area contributed by atoms with E-state index in [-0.39, 0.29) is 5.56 Å². The Hall–Kier alpha value is -1.14. The Morgan fingerprint density at radius 3 is 2.30 bits per heavy atom. The zero-order valence-corrected chi connectivity index (χ0v) is 12.0. The van der Waals surface area contributed by atoms with E-state index in [9.17, 15) is 13.2 Å². The van der Waals surface area contributed by atoms with Crippen molar-refractivity contribution in [2.24, 2.45) is 5.73 Å². The molecule has 0 amide bonds. The summed E-state index contributed by atoms with van der Waals surface area (Å²) in [5.41, 5.74) is 4.55. The third kappa shape index (κ3) is 3.30. The van der Waals surface area contributed by atoms with Crippen molar-refractivity contribution in [3.05, 3.63) is 29.6 Å². The van der Waals surface area contributed by atoms with E-state index in [0.29, 0.717) is 19.4 Å². The number of rotatable bonds is 6. The van der Waals surface area contributed by atoms with E-state index in [2.05, 4.69) is 4.98 Å². The average molecular weight is 290 g/mol. The number of pyridine rings is 1. The van der Waals surface area contributed by atoms with Crippen molar-refractivity contribution in [1.82, 2.24) is 4.98 Å². The monoisotopic (exact) mass is 290 g/mol. The molecule has 0 aromatic carbocycles. The minimum Gasteiger partial charge on any atom is -0.373 e. The summed E-state index contributed by atoms with van der Waals surface area (Å²) in [4.78, 5) is 3.79. The predicted molar refractivity (Wildman–Crippen MR) is 71.1 cm³/mol. The van der Waals surface area contributed by atoms with Crippen LogP contribution >= 0.6 is 0 Å². The number of nitrogens with zero attached hydrogens (tertiary/aromatic N) is 1. The molecule has 1 unspecified atom stereocenters. The van der Waals surface area contributed by atoms with Gasteiger partial charge in [-0.2, -0.15) is 13.2 Å². The molecule has 0 saturated carbocycles. The molecule has 0 radical (unpaired) electrons. The van der Waals surface area contributed by atoms with Crippen molar-refractivity contribution >= 4 is 0 Å². The second-order valence-corrected chi connectivity index (χ2v) is 4.64. The lowest BCUT2D eigenvalue weighted by molar-refractivity contribution is -0.139. The summed E-state index contributed by atoms with van der Waals surface area (Å²) in [5.74, 6) is 0. The highest BCUT2D eigenvalue weighted by molar-refractivity contribution is 5.31. The summed E-state index contributed by atoms with van der Waals surface area (Å²) in [5, 5.41) is 0. The van der Waals surface area contributed by atoms with Gasteiger partial charge in [0.1, 0.15) is 0 Å². The average Bonchev–Trinajstić information content (AvgIpc) is 2.43. The molecule has 0 saturated heterocycles. The lowest BCUT2D eigenvalue weighted by atomic mass is 9.83. The van der Waals surface area contributed by atoms with Gasteiger partial charge in [0.25, 0.3) is 0 Å². The van der Waals surface area contributed by atoms with Crippen LogP contribution in [0.1, 0.15) is 50.8 Å². The molecule has 1 atom stereocenters. The van der Waals surface area contributed by atoms with Gasteiger partial charge in [-0.3, -0.25) is 4.98 Å². The lowest BCUT2D eigenvalue weighted by Gasteiger charge is -2.38. The number of hydrogen-bond acceptors (Lipinski definition) is 3. The fraction of sp³-hybridized carbons (Fsp3) is 0.643. The number of hydrogen-bond donors (Lipinski definition) is 1. The largest absolute Gasteiger partial charge is 0.416 e. The van der Waals surface area contributed by atoms with Crippen molar-refractivity contribution in [2.45, 2.75) is 51.4 Å². The molecule has 114 valence electrons. The molecule has 0 aliphatic heterocycles. The van der Waals surface area contributed by atoms with Gasteiger partial charge in [0, 0.05) is 24.6 Å². The van der Waals surface area contributed by atoms with Crippen LogP contribution in [0.25, 0.3) is 0 Å². The normalized spacial score (nSPS) is 14.3. The second-order valence-electron chi connectivity index (χ2n) is 4.64. The Morgan fingerprint density at radius 1 is 1.25 bits per heavy atom. The van der Waals surface area contributed by atoms with Crippen LogP contribution in [0.5, 0.6) is 0 Å². The fourth-order valence-electron chi connectivity index (χ4n) is 2.47.